The number of aromatic nitrogens is 1. The highest BCUT2D eigenvalue weighted by molar-refractivity contribution is 7.09. The molecule has 5 heteroatoms. The molecule has 1 aromatic heterocycles. The van der Waals surface area contributed by atoms with E-state index in [9.17, 15) is 4.79 Å². The predicted molar refractivity (Wildman–Crippen MR) is 55.1 cm³/mol. The zero-order chi connectivity index (χ0) is 9.97. The minimum absolute atomic E-state index is 0.0115. The first-order chi connectivity index (χ1) is 6.77. The van der Waals surface area contributed by atoms with Gasteiger partial charge < -0.3 is 10.6 Å². The Hall–Kier alpha value is -0.940. The second-order valence-electron chi connectivity index (χ2n) is 3.40. The summed E-state index contributed by atoms with van der Waals surface area (Å²) in [6, 6.07) is 0.0299. The summed E-state index contributed by atoms with van der Waals surface area (Å²) in [6.07, 6.45) is 2.70. The molecule has 0 aliphatic carbocycles. The molecular weight excluding hydrogens is 198 g/mol. The second kappa shape index (κ2) is 4.06. The maximum atomic E-state index is 11.5. The van der Waals surface area contributed by atoms with Gasteiger partial charge in [-0.1, -0.05) is 0 Å². The molecule has 1 aliphatic heterocycles. The normalized spacial score (nSPS) is 22.5. The number of rotatable bonds is 3. The van der Waals surface area contributed by atoms with Crippen LogP contribution in [0.25, 0.3) is 0 Å². The molecule has 0 aromatic carbocycles. The number of hydrogen-bond donors (Lipinski definition) is 2. The Morgan fingerprint density at radius 1 is 1.86 bits per heavy atom. The fraction of sp³-hybridized carbons (Fsp3) is 0.556. The van der Waals surface area contributed by atoms with Gasteiger partial charge in [0.15, 0.2) is 0 Å². The fourth-order valence-electron chi connectivity index (χ4n) is 1.34. The first kappa shape index (κ1) is 9.61. The number of nitrogens with one attached hydrogen (secondary N) is 2. The SMILES string of the molecule is CC(NC(=O)C1CCN1)c1nccs1. The summed E-state index contributed by atoms with van der Waals surface area (Å²) in [7, 11) is 0. The van der Waals surface area contributed by atoms with Gasteiger partial charge in [-0.05, 0) is 19.9 Å². The van der Waals surface area contributed by atoms with Crippen molar-refractivity contribution in [2.24, 2.45) is 0 Å². The lowest BCUT2D eigenvalue weighted by molar-refractivity contribution is -0.125. The lowest BCUT2D eigenvalue weighted by Crippen LogP contribution is -2.53. The molecule has 2 N–H and O–H groups in total. The van der Waals surface area contributed by atoms with E-state index in [0.717, 1.165) is 18.0 Å². The number of hydrogen-bond acceptors (Lipinski definition) is 4. The van der Waals surface area contributed by atoms with Crippen LogP contribution in [0.15, 0.2) is 11.6 Å². The summed E-state index contributed by atoms with van der Waals surface area (Å²) < 4.78 is 0. The van der Waals surface area contributed by atoms with Crippen molar-refractivity contribution < 1.29 is 4.79 Å². The largest absolute Gasteiger partial charge is 0.346 e. The third-order valence-corrected chi connectivity index (χ3v) is 3.28. The van der Waals surface area contributed by atoms with Crippen LogP contribution < -0.4 is 10.6 Å². The van der Waals surface area contributed by atoms with Crippen LogP contribution in [0.4, 0.5) is 0 Å². The van der Waals surface area contributed by atoms with E-state index in [-0.39, 0.29) is 18.0 Å². The van der Waals surface area contributed by atoms with E-state index >= 15 is 0 Å². The van der Waals surface area contributed by atoms with Crippen molar-refractivity contribution in [3.63, 3.8) is 0 Å². The molecule has 1 aliphatic rings. The van der Waals surface area contributed by atoms with Crippen LogP contribution in [0.2, 0.25) is 0 Å². The van der Waals surface area contributed by atoms with Crippen molar-refractivity contribution in [3.05, 3.63) is 16.6 Å². The highest BCUT2D eigenvalue weighted by atomic mass is 32.1. The van der Waals surface area contributed by atoms with Gasteiger partial charge in [-0.2, -0.15) is 0 Å². The Morgan fingerprint density at radius 3 is 3.14 bits per heavy atom. The van der Waals surface area contributed by atoms with Crippen molar-refractivity contribution in [2.45, 2.75) is 25.4 Å². The van der Waals surface area contributed by atoms with E-state index in [1.54, 1.807) is 17.5 Å². The average Bonchev–Trinajstić information content (AvgIpc) is 2.51. The van der Waals surface area contributed by atoms with Gasteiger partial charge in [-0.3, -0.25) is 4.79 Å². The standard InChI is InChI=1S/C9H13N3OS/c1-6(9-11-4-5-14-9)12-8(13)7-2-3-10-7/h4-7,10H,2-3H2,1H3,(H,12,13). The molecular formula is C9H13N3OS. The third kappa shape index (κ3) is 1.93. The van der Waals surface area contributed by atoms with E-state index in [0.29, 0.717) is 0 Å². The van der Waals surface area contributed by atoms with Crippen molar-refractivity contribution in [1.82, 2.24) is 15.6 Å². The van der Waals surface area contributed by atoms with Gasteiger partial charge in [0.2, 0.25) is 5.91 Å². The Labute approximate surface area is 86.7 Å². The molecule has 76 valence electrons. The zero-order valence-corrected chi connectivity index (χ0v) is 8.80. The van der Waals surface area contributed by atoms with E-state index in [4.69, 9.17) is 0 Å². The molecule has 1 saturated heterocycles. The molecule has 0 saturated carbocycles. The van der Waals surface area contributed by atoms with Gasteiger partial charge in [0.25, 0.3) is 0 Å². The molecule has 2 unspecified atom stereocenters. The highest BCUT2D eigenvalue weighted by Gasteiger charge is 2.25. The summed E-state index contributed by atoms with van der Waals surface area (Å²) in [5, 5.41) is 8.87. The zero-order valence-electron chi connectivity index (χ0n) is 7.99. The molecule has 1 amide bonds. The molecule has 2 atom stereocenters. The Bertz CT molecular complexity index is 308. The fourth-order valence-corrected chi connectivity index (χ4v) is 1.98. The van der Waals surface area contributed by atoms with Crippen molar-refractivity contribution in [1.29, 1.82) is 0 Å². The molecule has 0 radical (unpaired) electrons. The summed E-state index contributed by atoms with van der Waals surface area (Å²) >= 11 is 1.56. The molecule has 14 heavy (non-hydrogen) atoms. The smallest absolute Gasteiger partial charge is 0.237 e. The second-order valence-corrected chi connectivity index (χ2v) is 4.32. The van der Waals surface area contributed by atoms with Crippen LogP contribution in [0.1, 0.15) is 24.4 Å². The number of thiazole rings is 1. The van der Waals surface area contributed by atoms with Gasteiger partial charge in [0, 0.05) is 11.6 Å². The molecule has 1 fully saturated rings. The van der Waals surface area contributed by atoms with Crippen LogP contribution in [0.5, 0.6) is 0 Å². The third-order valence-electron chi connectivity index (χ3n) is 2.32. The lowest BCUT2D eigenvalue weighted by Gasteiger charge is -2.27. The maximum Gasteiger partial charge on any atom is 0.237 e. The van der Waals surface area contributed by atoms with Crippen LogP contribution in [0.3, 0.4) is 0 Å². The van der Waals surface area contributed by atoms with E-state index < -0.39 is 0 Å². The summed E-state index contributed by atoms with van der Waals surface area (Å²) in [5.41, 5.74) is 0. The molecule has 1 aromatic rings. The van der Waals surface area contributed by atoms with Crippen LogP contribution in [-0.4, -0.2) is 23.5 Å². The average molecular weight is 211 g/mol. The topological polar surface area (TPSA) is 54.0 Å². The molecule has 2 rings (SSSR count). The Balaban J connectivity index is 1.87. The first-order valence-electron chi connectivity index (χ1n) is 4.70. The number of carbonyl (C=O) groups is 1. The number of nitrogens with zero attached hydrogens (tertiary/aromatic N) is 1. The van der Waals surface area contributed by atoms with E-state index in [1.165, 1.54) is 0 Å². The first-order valence-corrected chi connectivity index (χ1v) is 5.58. The Kier molecular flexibility index (Phi) is 2.79. The summed E-state index contributed by atoms with van der Waals surface area (Å²) in [5.74, 6) is 0.0824. The molecule has 0 spiro atoms. The monoisotopic (exact) mass is 211 g/mol. The van der Waals surface area contributed by atoms with Gasteiger partial charge in [0.05, 0.1) is 12.1 Å². The minimum atomic E-state index is 0.0115. The van der Waals surface area contributed by atoms with Crippen molar-refractivity contribution in [2.75, 3.05) is 6.54 Å². The van der Waals surface area contributed by atoms with Gasteiger partial charge >= 0.3 is 0 Å². The van der Waals surface area contributed by atoms with E-state index in [2.05, 4.69) is 15.6 Å². The van der Waals surface area contributed by atoms with Crippen LogP contribution >= 0.6 is 11.3 Å². The number of amides is 1. The van der Waals surface area contributed by atoms with Gasteiger partial charge in [0.1, 0.15) is 5.01 Å². The molecule has 2 heterocycles. The van der Waals surface area contributed by atoms with Gasteiger partial charge in [-0.25, -0.2) is 4.98 Å². The predicted octanol–water partition coefficient (Wildman–Crippen LogP) is 0.682. The summed E-state index contributed by atoms with van der Waals surface area (Å²) in [4.78, 5) is 15.7. The van der Waals surface area contributed by atoms with E-state index in [1.807, 2.05) is 12.3 Å². The van der Waals surface area contributed by atoms with Crippen molar-refractivity contribution >= 4 is 17.2 Å². The summed E-state index contributed by atoms with van der Waals surface area (Å²) in [6.45, 7) is 2.90. The maximum absolute atomic E-state index is 11.5. The van der Waals surface area contributed by atoms with Crippen LogP contribution in [-0.2, 0) is 4.79 Å². The number of carbonyl (C=O) groups excluding carboxylic acids is 1. The van der Waals surface area contributed by atoms with Gasteiger partial charge in [-0.15, -0.1) is 11.3 Å². The molecule has 0 bridgehead atoms. The lowest BCUT2D eigenvalue weighted by atomic mass is 10.1. The quantitative estimate of drug-likeness (QED) is 0.773. The highest BCUT2D eigenvalue weighted by Crippen LogP contribution is 2.15. The minimum Gasteiger partial charge on any atom is -0.346 e. The Morgan fingerprint density at radius 2 is 2.64 bits per heavy atom. The van der Waals surface area contributed by atoms with Crippen molar-refractivity contribution in [3.8, 4) is 0 Å². The molecule has 4 nitrogen and oxygen atoms in total. The van der Waals surface area contributed by atoms with Crippen LogP contribution in [0, 0.1) is 0 Å².